The molecule has 0 radical (unpaired) electrons. The molecule has 5 aromatic carbocycles. The monoisotopic (exact) mass is 384 g/mol. The van der Waals surface area contributed by atoms with Gasteiger partial charge in [0.05, 0.1) is 22.6 Å². The second kappa shape index (κ2) is 6.37. The quantitative estimate of drug-likeness (QED) is 0.295. The molecule has 1 aliphatic heterocycles. The normalized spacial score (nSPS) is 12.2. The van der Waals surface area contributed by atoms with E-state index in [4.69, 9.17) is 4.74 Å². The summed E-state index contributed by atoms with van der Waals surface area (Å²) in [6, 6.07) is 34.8. The van der Waals surface area contributed by atoms with Gasteiger partial charge >= 0.3 is 0 Å². The molecule has 0 atom stereocenters. The van der Waals surface area contributed by atoms with Gasteiger partial charge in [0.1, 0.15) is 6.07 Å². The molecule has 6 rings (SSSR count). The van der Waals surface area contributed by atoms with E-state index in [1.165, 1.54) is 0 Å². The van der Waals surface area contributed by atoms with E-state index >= 15 is 0 Å². The first kappa shape index (κ1) is 16.6. The van der Waals surface area contributed by atoms with Crippen molar-refractivity contribution in [2.24, 2.45) is 0 Å². The van der Waals surface area contributed by atoms with Gasteiger partial charge in [-0.05, 0) is 35.0 Å². The zero-order chi connectivity index (χ0) is 20.1. The minimum absolute atomic E-state index is 0.623. The highest BCUT2D eigenvalue weighted by Gasteiger charge is 2.30. The fraction of sp³-hybridized carbons (Fsp3) is 0. The van der Waals surface area contributed by atoms with Gasteiger partial charge < -0.3 is 9.64 Å². The van der Waals surface area contributed by atoms with Crippen molar-refractivity contribution in [2.45, 2.75) is 0 Å². The largest absolute Gasteiger partial charge is 0.452 e. The number of rotatable bonds is 1. The van der Waals surface area contributed by atoms with Crippen LogP contribution in [0, 0.1) is 11.3 Å². The molecule has 0 bridgehead atoms. The Morgan fingerprint density at radius 2 is 1.30 bits per heavy atom. The van der Waals surface area contributed by atoms with Crippen molar-refractivity contribution < 1.29 is 4.74 Å². The number of benzene rings is 5. The Kier molecular flexibility index (Phi) is 3.53. The predicted octanol–water partition coefficient (Wildman–Crippen LogP) is 7.44. The van der Waals surface area contributed by atoms with E-state index in [0.29, 0.717) is 5.56 Å². The standard InChI is InChI=1S/C27H16N2O/c28-17-20-9-3-6-12-23(20)29-24-15-13-19-8-2-5-11-22(19)27(24)30-25-16-14-18-7-1-4-10-21(18)26(25)29/h1-16H. The molecule has 0 saturated carbocycles. The third-order valence-corrected chi connectivity index (χ3v) is 5.66. The molecular weight excluding hydrogens is 368 g/mol. The zero-order valence-corrected chi connectivity index (χ0v) is 16.0. The van der Waals surface area contributed by atoms with Gasteiger partial charge in [0.2, 0.25) is 0 Å². The van der Waals surface area contributed by atoms with E-state index in [0.717, 1.165) is 50.1 Å². The van der Waals surface area contributed by atoms with E-state index in [2.05, 4.69) is 53.4 Å². The Morgan fingerprint density at radius 3 is 2.13 bits per heavy atom. The first-order chi connectivity index (χ1) is 14.8. The van der Waals surface area contributed by atoms with E-state index < -0.39 is 0 Å². The number of anilines is 3. The van der Waals surface area contributed by atoms with E-state index in [1.807, 2.05) is 54.6 Å². The Bertz CT molecular complexity index is 1500. The number of nitrogens with zero attached hydrogens (tertiary/aromatic N) is 2. The maximum absolute atomic E-state index is 9.82. The summed E-state index contributed by atoms with van der Waals surface area (Å²) in [5, 5.41) is 14.2. The molecular formula is C27H16N2O. The van der Waals surface area contributed by atoms with Crippen LogP contribution in [0.4, 0.5) is 17.1 Å². The SMILES string of the molecule is N#Cc1ccccc1N1c2ccc3ccccc3c2Oc2ccc3ccccc3c21. The van der Waals surface area contributed by atoms with E-state index in [9.17, 15) is 5.26 Å². The van der Waals surface area contributed by atoms with E-state index in [1.54, 1.807) is 0 Å². The molecule has 1 aliphatic rings. The predicted molar refractivity (Wildman–Crippen MR) is 121 cm³/mol. The lowest BCUT2D eigenvalue weighted by molar-refractivity contribution is 0.483. The van der Waals surface area contributed by atoms with Gasteiger partial charge in [-0.2, -0.15) is 5.26 Å². The summed E-state index contributed by atoms with van der Waals surface area (Å²) < 4.78 is 6.50. The van der Waals surface area contributed by atoms with Crippen molar-refractivity contribution in [3.63, 3.8) is 0 Å². The van der Waals surface area contributed by atoms with Crippen LogP contribution in [-0.2, 0) is 0 Å². The maximum atomic E-state index is 9.82. The van der Waals surface area contributed by atoms with Gasteiger partial charge in [-0.15, -0.1) is 0 Å². The Hall–Kier alpha value is -4.29. The first-order valence-electron chi connectivity index (χ1n) is 9.86. The van der Waals surface area contributed by atoms with Gasteiger partial charge in [0.25, 0.3) is 0 Å². The van der Waals surface area contributed by atoms with Gasteiger partial charge in [-0.1, -0.05) is 72.8 Å². The lowest BCUT2D eigenvalue weighted by Gasteiger charge is -2.35. The van der Waals surface area contributed by atoms with Crippen LogP contribution in [0.2, 0.25) is 0 Å². The zero-order valence-electron chi connectivity index (χ0n) is 16.0. The number of hydrogen-bond donors (Lipinski definition) is 0. The Labute approximate surface area is 174 Å². The number of hydrogen-bond acceptors (Lipinski definition) is 3. The molecule has 0 spiro atoms. The fourth-order valence-electron chi connectivity index (χ4n) is 4.31. The summed E-state index contributed by atoms with van der Waals surface area (Å²) in [7, 11) is 0. The van der Waals surface area contributed by atoms with E-state index in [-0.39, 0.29) is 0 Å². The third kappa shape index (κ3) is 2.31. The van der Waals surface area contributed by atoms with Crippen LogP contribution in [0.25, 0.3) is 21.5 Å². The van der Waals surface area contributed by atoms with Crippen LogP contribution in [0.5, 0.6) is 11.5 Å². The molecule has 0 aromatic heterocycles. The van der Waals surface area contributed by atoms with Crippen LogP contribution in [-0.4, -0.2) is 0 Å². The lowest BCUT2D eigenvalue weighted by atomic mass is 10.0. The smallest absolute Gasteiger partial charge is 0.159 e. The summed E-state index contributed by atoms with van der Waals surface area (Å²) >= 11 is 0. The number of nitriles is 1. The van der Waals surface area contributed by atoms with Crippen LogP contribution >= 0.6 is 0 Å². The number of para-hydroxylation sites is 1. The molecule has 1 heterocycles. The Morgan fingerprint density at radius 1 is 0.633 bits per heavy atom. The van der Waals surface area contributed by atoms with Crippen molar-refractivity contribution >= 4 is 38.6 Å². The van der Waals surface area contributed by atoms with Gasteiger partial charge in [0.15, 0.2) is 11.5 Å². The Balaban J connectivity index is 1.75. The molecule has 0 fully saturated rings. The highest BCUT2D eigenvalue weighted by Crippen LogP contribution is 2.55. The molecule has 140 valence electrons. The third-order valence-electron chi connectivity index (χ3n) is 5.66. The molecule has 30 heavy (non-hydrogen) atoms. The minimum atomic E-state index is 0.623. The molecule has 0 N–H and O–H groups in total. The van der Waals surface area contributed by atoms with Gasteiger partial charge in [-0.3, -0.25) is 0 Å². The van der Waals surface area contributed by atoms with Crippen LogP contribution in [0.1, 0.15) is 5.56 Å². The molecule has 0 amide bonds. The van der Waals surface area contributed by atoms with Crippen LogP contribution in [0.3, 0.4) is 0 Å². The minimum Gasteiger partial charge on any atom is -0.452 e. The van der Waals surface area contributed by atoms with Gasteiger partial charge in [0, 0.05) is 10.8 Å². The summed E-state index contributed by atoms with van der Waals surface area (Å²) in [5.74, 6) is 1.59. The average Bonchev–Trinajstić information content (AvgIpc) is 2.82. The van der Waals surface area contributed by atoms with Gasteiger partial charge in [-0.25, -0.2) is 0 Å². The van der Waals surface area contributed by atoms with Crippen molar-refractivity contribution in [2.75, 3.05) is 4.90 Å². The molecule has 3 nitrogen and oxygen atoms in total. The van der Waals surface area contributed by atoms with Crippen molar-refractivity contribution in [1.29, 1.82) is 5.26 Å². The highest BCUT2D eigenvalue weighted by atomic mass is 16.5. The molecule has 0 unspecified atom stereocenters. The second-order valence-corrected chi connectivity index (χ2v) is 7.33. The number of ether oxygens (including phenoxy) is 1. The summed E-state index contributed by atoms with van der Waals surface area (Å²) in [4.78, 5) is 2.17. The number of fused-ring (bicyclic) bond motifs is 6. The summed E-state index contributed by atoms with van der Waals surface area (Å²) in [6.45, 7) is 0. The van der Waals surface area contributed by atoms with Crippen LogP contribution < -0.4 is 9.64 Å². The van der Waals surface area contributed by atoms with Crippen molar-refractivity contribution in [3.05, 3.63) is 103 Å². The maximum Gasteiger partial charge on any atom is 0.159 e. The van der Waals surface area contributed by atoms with Crippen LogP contribution in [0.15, 0.2) is 97.1 Å². The molecule has 0 saturated heterocycles. The topological polar surface area (TPSA) is 36.3 Å². The lowest BCUT2D eigenvalue weighted by Crippen LogP contribution is -2.17. The first-order valence-corrected chi connectivity index (χ1v) is 9.86. The van der Waals surface area contributed by atoms with Crippen molar-refractivity contribution in [3.8, 4) is 17.6 Å². The molecule has 0 aliphatic carbocycles. The van der Waals surface area contributed by atoms with Crippen molar-refractivity contribution in [1.82, 2.24) is 0 Å². The summed E-state index contributed by atoms with van der Waals surface area (Å²) in [5.41, 5.74) is 3.36. The average molecular weight is 384 g/mol. The second-order valence-electron chi connectivity index (χ2n) is 7.33. The highest BCUT2D eigenvalue weighted by molar-refractivity contribution is 6.07. The fourth-order valence-corrected chi connectivity index (χ4v) is 4.31. The molecule has 5 aromatic rings. The molecule has 3 heteroatoms. The summed E-state index contributed by atoms with van der Waals surface area (Å²) in [6.07, 6.45) is 0.